The van der Waals surface area contributed by atoms with Crippen LogP contribution in [-0.4, -0.2) is 22.2 Å². The number of aromatic hydroxyl groups is 1. The Morgan fingerprint density at radius 1 is 1.12 bits per heavy atom. The molecule has 0 radical (unpaired) electrons. The first-order valence-corrected chi connectivity index (χ1v) is 7.35. The molecule has 0 fully saturated rings. The normalized spacial score (nSPS) is 10.9. The summed E-state index contributed by atoms with van der Waals surface area (Å²) < 4.78 is 0. The Hall–Kier alpha value is -3.74. The number of fused-ring (bicyclic) bond motifs is 1. The third-order valence-electron chi connectivity index (χ3n) is 3.63. The molecule has 0 bridgehead atoms. The number of nitro groups is 1. The molecule has 3 aromatic rings. The van der Waals surface area contributed by atoms with Crippen molar-refractivity contribution in [2.75, 3.05) is 0 Å². The first-order chi connectivity index (χ1) is 12.1. The highest BCUT2D eigenvalue weighted by Gasteiger charge is 2.11. The number of benzene rings is 3. The third kappa shape index (κ3) is 3.45. The number of phenols is 1. The van der Waals surface area contributed by atoms with Crippen LogP contribution >= 0.6 is 0 Å². The average molecular weight is 335 g/mol. The molecule has 7 nitrogen and oxygen atoms in total. The van der Waals surface area contributed by atoms with Crippen molar-refractivity contribution >= 4 is 28.6 Å². The van der Waals surface area contributed by atoms with Gasteiger partial charge in [-0.1, -0.05) is 36.4 Å². The Morgan fingerprint density at radius 2 is 1.92 bits per heavy atom. The predicted molar refractivity (Wildman–Crippen MR) is 93.8 cm³/mol. The second kappa shape index (κ2) is 6.79. The largest absolute Gasteiger partial charge is 0.507 e. The molecule has 7 heteroatoms. The lowest BCUT2D eigenvalue weighted by Gasteiger charge is -2.05. The van der Waals surface area contributed by atoms with E-state index in [1.165, 1.54) is 30.5 Å². The van der Waals surface area contributed by atoms with E-state index in [0.717, 1.165) is 10.8 Å². The second-order valence-corrected chi connectivity index (χ2v) is 5.23. The van der Waals surface area contributed by atoms with Crippen LogP contribution in [0.15, 0.2) is 65.8 Å². The maximum atomic E-state index is 12.0. The minimum Gasteiger partial charge on any atom is -0.507 e. The van der Waals surface area contributed by atoms with Crippen LogP contribution in [0.1, 0.15) is 15.9 Å². The van der Waals surface area contributed by atoms with E-state index in [9.17, 15) is 20.0 Å². The SMILES string of the molecule is O=C(NN=Cc1c(O)ccc2ccccc12)c1cccc([N+](=O)[O-])c1. The molecule has 3 rings (SSSR count). The second-order valence-electron chi connectivity index (χ2n) is 5.23. The molecule has 0 aliphatic carbocycles. The van der Waals surface area contributed by atoms with Crippen LogP contribution < -0.4 is 5.43 Å². The molecule has 0 heterocycles. The number of hydrogen-bond acceptors (Lipinski definition) is 5. The highest BCUT2D eigenvalue weighted by atomic mass is 16.6. The summed E-state index contributed by atoms with van der Waals surface area (Å²) in [6, 6.07) is 16.1. The quantitative estimate of drug-likeness (QED) is 0.434. The number of carbonyl (C=O) groups excluding carboxylic acids is 1. The molecule has 0 unspecified atom stereocenters. The number of nitrogens with zero attached hydrogens (tertiary/aromatic N) is 2. The zero-order valence-electron chi connectivity index (χ0n) is 12.9. The molecule has 124 valence electrons. The summed E-state index contributed by atoms with van der Waals surface area (Å²) in [5.74, 6) is -0.549. The predicted octanol–water partition coefficient (Wildman–Crippen LogP) is 3.22. The maximum absolute atomic E-state index is 12.0. The van der Waals surface area contributed by atoms with Crippen LogP contribution in [-0.2, 0) is 0 Å². The van der Waals surface area contributed by atoms with Gasteiger partial charge in [-0.05, 0) is 22.9 Å². The van der Waals surface area contributed by atoms with Crippen molar-refractivity contribution in [2.24, 2.45) is 5.10 Å². The van der Waals surface area contributed by atoms with Gasteiger partial charge in [0.2, 0.25) is 0 Å². The van der Waals surface area contributed by atoms with Gasteiger partial charge in [0.1, 0.15) is 5.75 Å². The number of rotatable bonds is 4. The highest BCUT2D eigenvalue weighted by molar-refractivity contribution is 6.03. The monoisotopic (exact) mass is 335 g/mol. The molecule has 2 N–H and O–H groups in total. The molecular formula is C18H13N3O4. The van der Waals surface area contributed by atoms with E-state index in [1.54, 1.807) is 12.1 Å². The van der Waals surface area contributed by atoms with Gasteiger partial charge in [0.15, 0.2) is 0 Å². The van der Waals surface area contributed by atoms with E-state index >= 15 is 0 Å². The Balaban J connectivity index is 1.82. The van der Waals surface area contributed by atoms with Crippen molar-refractivity contribution in [3.63, 3.8) is 0 Å². The number of nitro benzene ring substituents is 1. The molecule has 0 atom stereocenters. The van der Waals surface area contributed by atoms with Crippen molar-refractivity contribution in [1.29, 1.82) is 0 Å². The number of non-ortho nitro benzene ring substituents is 1. The molecule has 1 amide bonds. The summed E-state index contributed by atoms with van der Waals surface area (Å²) in [6.07, 6.45) is 1.34. The zero-order chi connectivity index (χ0) is 17.8. The van der Waals surface area contributed by atoms with Crippen molar-refractivity contribution in [3.05, 3.63) is 81.9 Å². The molecular weight excluding hydrogens is 322 g/mol. The van der Waals surface area contributed by atoms with E-state index < -0.39 is 10.8 Å². The first-order valence-electron chi connectivity index (χ1n) is 7.35. The summed E-state index contributed by atoms with van der Waals surface area (Å²) in [4.78, 5) is 22.2. The molecule has 0 aliphatic rings. The minimum absolute atomic E-state index is 0.0343. The topological polar surface area (TPSA) is 105 Å². The molecule has 25 heavy (non-hydrogen) atoms. The van der Waals surface area contributed by atoms with E-state index in [2.05, 4.69) is 10.5 Å². The zero-order valence-corrected chi connectivity index (χ0v) is 12.9. The summed E-state index contributed by atoms with van der Waals surface area (Å²) in [5.41, 5.74) is 2.71. The average Bonchev–Trinajstić information content (AvgIpc) is 2.63. The van der Waals surface area contributed by atoms with Crippen LogP contribution in [0.5, 0.6) is 5.75 Å². The Morgan fingerprint density at radius 3 is 2.72 bits per heavy atom. The fourth-order valence-electron chi connectivity index (χ4n) is 2.40. The molecule has 0 aromatic heterocycles. The summed E-state index contributed by atoms with van der Waals surface area (Å²) in [5, 5.41) is 26.3. The van der Waals surface area contributed by atoms with Crippen molar-refractivity contribution in [1.82, 2.24) is 5.43 Å². The van der Waals surface area contributed by atoms with E-state index in [4.69, 9.17) is 0 Å². The molecule has 0 spiro atoms. The van der Waals surface area contributed by atoms with Crippen LogP contribution in [0.2, 0.25) is 0 Å². The van der Waals surface area contributed by atoms with Crippen LogP contribution in [0, 0.1) is 10.1 Å². The van der Waals surface area contributed by atoms with Gasteiger partial charge >= 0.3 is 0 Å². The van der Waals surface area contributed by atoms with Crippen molar-refractivity contribution in [3.8, 4) is 5.75 Å². The number of nitrogens with one attached hydrogen (secondary N) is 1. The lowest BCUT2D eigenvalue weighted by atomic mass is 10.0. The van der Waals surface area contributed by atoms with Crippen LogP contribution in [0.4, 0.5) is 5.69 Å². The smallest absolute Gasteiger partial charge is 0.271 e. The van der Waals surface area contributed by atoms with Crippen molar-refractivity contribution < 1.29 is 14.8 Å². The molecule has 3 aromatic carbocycles. The Bertz CT molecular complexity index is 999. The fraction of sp³-hybridized carbons (Fsp3) is 0. The van der Waals surface area contributed by atoms with Gasteiger partial charge in [-0.2, -0.15) is 5.10 Å². The highest BCUT2D eigenvalue weighted by Crippen LogP contribution is 2.25. The minimum atomic E-state index is -0.584. The fourth-order valence-corrected chi connectivity index (χ4v) is 2.40. The number of carbonyl (C=O) groups is 1. The van der Waals surface area contributed by atoms with Gasteiger partial charge in [0.05, 0.1) is 11.1 Å². The Labute approximate surface area is 142 Å². The lowest BCUT2D eigenvalue weighted by Crippen LogP contribution is -2.17. The van der Waals surface area contributed by atoms with Crippen molar-refractivity contribution in [2.45, 2.75) is 0 Å². The number of hydrazone groups is 1. The van der Waals surface area contributed by atoms with E-state index in [-0.39, 0.29) is 17.0 Å². The van der Waals surface area contributed by atoms with Gasteiger partial charge in [-0.15, -0.1) is 0 Å². The maximum Gasteiger partial charge on any atom is 0.271 e. The number of hydrogen-bond donors (Lipinski definition) is 2. The summed E-state index contributed by atoms with van der Waals surface area (Å²) in [7, 11) is 0. The van der Waals surface area contributed by atoms with Gasteiger partial charge in [-0.25, -0.2) is 5.43 Å². The number of amides is 1. The third-order valence-corrected chi connectivity index (χ3v) is 3.63. The summed E-state index contributed by atoms with van der Waals surface area (Å²) in [6.45, 7) is 0. The number of phenolic OH excluding ortho intramolecular Hbond substituents is 1. The molecule has 0 aliphatic heterocycles. The lowest BCUT2D eigenvalue weighted by molar-refractivity contribution is -0.384. The van der Waals surface area contributed by atoms with Gasteiger partial charge in [0, 0.05) is 23.3 Å². The summed E-state index contributed by atoms with van der Waals surface area (Å²) >= 11 is 0. The van der Waals surface area contributed by atoms with Gasteiger partial charge < -0.3 is 5.11 Å². The van der Waals surface area contributed by atoms with Crippen LogP contribution in [0.25, 0.3) is 10.8 Å². The van der Waals surface area contributed by atoms with Gasteiger partial charge in [0.25, 0.3) is 11.6 Å². The standard InChI is InChI=1S/C18H13N3O4/c22-17-9-8-12-4-1-2-7-15(12)16(17)11-19-20-18(23)13-5-3-6-14(10-13)21(24)25/h1-11,22H,(H,20,23). The van der Waals surface area contributed by atoms with E-state index in [1.807, 2.05) is 24.3 Å². The molecule has 0 saturated heterocycles. The van der Waals surface area contributed by atoms with Crippen LogP contribution in [0.3, 0.4) is 0 Å². The van der Waals surface area contributed by atoms with Gasteiger partial charge in [-0.3, -0.25) is 14.9 Å². The molecule has 0 saturated carbocycles. The first kappa shape index (κ1) is 16.1. The van der Waals surface area contributed by atoms with E-state index in [0.29, 0.717) is 5.56 Å². The Kier molecular flexibility index (Phi) is 4.38.